The normalized spacial score (nSPS) is 17.5. The maximum Gasteiger partial charge on any atom is 0.0860 e. The second-order valence-corrected chi connectivity index (χ2v) is 6.26. The summed E-state index contributed by atoms with van der Waals surface area (Å²) < 4.78 is 6.96. The molecule has 1 fully saturated rings. The molecular formula is C15H27ClN4O. The molecule has 1 aliphatic heterocycles. The van der Waals surface area contributed by atoms with E-state index in [-0.39, 0.29) is 0 Å². The highest BCUT2D eigenvalue weighted by Gasteiger charge is 2.21. The molecule has 0 unspecified atom stereocenters. The molecule has 0 saturated carbocycles. The number of methoxy groups -OCH3 is 1. The lowest BCUT2D eigenvalue weighted by atomic mass is 9.96. The molecule has 0 radical (unpaired) electrons. The van der Waals surface area contributed by atoms with Crippen molar-refractivity contribution in [1.82, 2.24) is 20.0 Å². The number of ether oxygens (including phenoxy) is 1. The molecule has 2 heterocycles. The third-order valence-corrected chi connectivity index (χ3v) is 4.75. The van der Waals surface area contributed by atoms with E-state index in [2.05, 4.69) is 15.3 Å². The van der Waals surface area contributed by atoms with Gasteiger partial charge in [0.15, 0.2) is 0 Å². The van der Waals surface area contributed by atoms with Crippen molar-refractivity contribution < 1.29 is 4.74 Å². The van der Waals surface area contributed by atoms with Crippen molar-refractivity contribution in [2.75, 3.05) is 39.9 Å². The van der Waals surface area contributed by atoms with Gasteiger partial charge in [0.2, 0.25) is 0 Å². The average molecular weight is 315 g/mol. The Hall–Kier alpha value is -0.620. The van der Waals surface area contributed by atoms with Crippen LogP contribution in [0.5, 0.6) is 0 Å². The van der Waals surface area contributed by atoms with E-state index in [1.54, 1.807) is 7.11 Å². The van der Waals surface area contributed by atoms with Gasteiger partial charge in [-0.3, -0.25) is 9.58 Å². The number of hydrogen-bond acceptors (Lipinski definition) is 4. The number of aryl methyl sites for hydroxylation is 2. The van der Waals surface area contributed by atoms with Gasteiger partial charge in [0, 0.05) is 27.2 Å². The molecule has 2 rings (SSSR count). The summed E-state index contributed by atoms with van der Waals surface area (Å²) in [5.41, 5.74) is 2.05. The predicted molar refractivity (Wildman–Crippen MR) is 85.7 cm³/mol. The van der Waals surface area contributed by atoms with Crippen LogP contribution in [0.2, 0.25) is 5.02 Å². The van der Waals surface area contributed by atoms with Gasteiger partial charge >= 0.3 is 0 Å². The summed E-state index contributed by atoms with van der Waals surface area (Å²) >= 11 is 6.33. The zero-order chi connectivity index (χ0) is 15.2. The van der Waals surface area contributed by atoms with Gasteiger partial charge in [0.1, 0.15) is 0 Å². The number of hydrogen-bond donors (Lipinski definition) is 1. The molecule has 120 valence electrons. The Morgan fingerprint density at radius 3 is 2.67 bits per heavy atom. The van der Waals surface area contributed by atoms with Gasteiger partial charge in [0.25, 0.3) is 0 Å². The number of rotatable bonds is 7. The van der Waals surface area contributed by atoms with Crippen LogP contribution >= 0.6 is 11.6 Å². The third kappa shape index (κ3) is 4.68. The Morgan fingerprint density at radius 1 is 1.38 bits per heavy atom. The van der Waals surface area contributed by atoms with Crippen LogP contribution in [0.3, 0.4) is 0 Å². The van der Waals surface area contributed by atoms with Crippen molar-refractivity contribution in [3.05, 3.63) is 16.4 Å². The van der Waals surface area contributed by atoms with Crippen LogP contribution < -0.4 is 5.32 Å². The molecule has 0 bridgehead atoms. The Kier molecular flexibility index (Phi) is 6.48. The van der Waals surface area contributed by atoms with E-state index in [1.165, 1.54) is 12.8 Å². The molecule has 1 aliphatic rings. The largest absolute Gasteiger partial charge is 0.383 e. The van der Waals surface area contributed by atoms with E-state index in [1.807, 2.05) is 18.7 Å². The highest BCUT2D eigenvalue weighted by molar-refractivity contribution is 6.31. The Labute approximate surface area is 132 Å². The van der Waals surface area contributed by atoms with Crippen molar-refractivity contribution in [3.8, 4) is 0 Å². The first-order valence-electron chi connectivity index (χ1n) is 7.71. The monoisotopic (exact) mass is 314 g/mol. The summed E-state index contributed by atoms with van der Waals surface area (Å²) in [5, 5.41) is 8.67. The molecule has 1 aromatic rings. The van der Waals surface area contributed by atoms with Crippen LogP contribution in [-0.2, 0) is 18.3 Å². The minimum absolute atomic E-state index is 0.779. The zero-order valence-corrected chi connectivity index (χ0v) is 14.1. The fourth-order valence-electron chi connectivity index (χ4n) is 2.89. The molecule has 0 spiro atoms. The second kappa shape index (κ2) is 8.13. The third-order valence-electron chi connectivity index (χ3n) is 4.26. The standard InChI is InChI=1S/C15H27ClN4O/c1-12-15(16)14(19(2)18-12)11-20-7-4-13(5-8-20)10-17-6-9-21-3/h13,17H,4-11H2,1-3H3. The van der Waals surface area contributed by atoms with Gasteiger partial charge in [-0.2, -0.15) is 5.10 Å². The van der Waals surface area contributed by atoms with E-state index < -0.39 is 0 Å². The molecule has 0 amide bonds. The maximum atomic E-state index is 6.33. The zero-order valence-electron chi connectivity index (χ0n) is 13.4. The van der Waals surface area contributed by atoms with Gasteiger partial charge in [-0.15, -0.1) is 0 Å². The molecule has 1 N–H and O–H groups in total. The topological polar surface area (TPSA) is 42.3 Å². The van der Waals surface area contributed by atoms with Crippen molar-refractivity contribution >= 4 is 11.6 Å². The predicted octanol–water partition coefficient (Wildman–Crippen LogP) is 1.83. The maximum absolute atomic E-state index is 6.33. The SMILES string of the molecule is COCCNCC1CCN(Cc2c(Cl)c(C)nn2C)CC1. The average Bonchev–Trinajstić information content (AvgIpc) is 2.72. The lowest BCUT2D eigenvalue weighted by Gasteiger charge is -2.32. The summed E-state index contributed by atoms with van der Waals surface area (Å²) in [6, 6.07) is 0. The lowest BCUT2D eigenvalue weighted by Crippen LogP contribution is -2.37. The highest BCUT2D eigenvalue weighted by Crippen LogP contribution is 2.23. The first-order chi connectivity index (χ1) is 10.1. The van der Waals surface area contributed by atoms with Crippen LogP contribution in [0.1, 0.15) is 24.2 Å². The van der Waals surface area contributed by atoms with E-state index in [0.29, 0.717) is 0 Å². The number of aromatic nitrogens is 2. The smallest absolute Gasteiger partial charge is 0.0860 e. The number of halogens is 1. The lowest BCUT2D eigenvalue weighted by molar-refractivity contribution is 0.165. The molecule has 21 heavy (non-hydrogen) atoms. The minimum Gasteiger partial charge on any atom is -0.383 e. The van der Waals surface area contributed by atoms with Gasteiger partial charge in [0.05, 0.1) is 23.0 Å². The minimum atomic E-state index is 0.779. The second-order valence-electron chi connectivity index (χ2n) is 5.89. The number of nitrogens with zero attached hydrogens (tertiary/aromatic N) is 3. The number of piperidine rings is 1. The van der Waals surface area contributed by atoms with Crippen LogP contribution in [-0.4, -0.2) is 54.6 Å². The molecule has 6 heteroatoms. The van der Waals surface area contributed by atoms with Crippen molar-refractivity contribution in [2.24, 2.45) is 13.0 Å². The van der Waals surface area contributed by atoms with E-state index in [0.717, 1.165) is 61.7 Å². The molecule has 1 aromatic heterocycles. The van der Waals surface area contributed by atoms with Gasteiger partial charge in [-0.25, -0.2) is 0 Å². The van der Waals surface area contributed by atoms with E-state index in [4.69, 9.17) is 16.3 Å². The fraction of sp³-hybridized carbons (Fsp3) is 0.800. The molecule has 0 atom stereocenters. The quantitative estimate of drug-likeness (QED) is 0.780. The van der Waals surface area contributed by atoms with Gasteiger partial charge < -0.3 is 10.1 Å². The molecule has 0 aromatic carbocycles. The first-order valence-corrected chi connectivity index (χ1v) is 8.09. The number of nitrogens with one attached hydrogen (secondary N) is 1. The molecule has 0 aliphatic carbocycles. The van der Waals surface area contributed by atoms with E-state index in [9.17, 15) is 0 Å². The van der Waals surface area contributed by atoms with E-state index >= 15 is 0 Å². The summed E-state index contributed by atoms with van der Waals surface area (Å²) in [4.78, 5) is 2.48. The van der Waals surface area contributed by atoms with Crippen molar-refractivity contribution in [1.29, 1.82) is 0 Å². The molecular weight excluding hydrogens is 288 g/mol. The van der Waals surface area contributed by atoms with Gasteiger partial charge in [-0.1, -0.05) is 11.6 Å². The summed E-state index contributed by atoms with van der Waals surface area (Å²) in [7, 11) is 3.71. The molecule has 1 saturated heterocycles. The number of likely N-dealkylation sites (tertiary alicyclic amines) is 1. The van der Waals surface area contributed by atoms with Crippen LogP contribution in [0, 0.1) is 12.8 Å². The highest BCUT2D eigenvalue weighted by atomic mass is 35.5. The Morgan fingerprint density at radius 2 is 2.10 bits per heavy atom. The first kappa shape index (κ1) is 16.7. The van der Waals surface area contributed by atoms with Gasteiger partial charge in [-0.05, 0) is 45.3 Å². The Bertz CT molecular complexity index is 441. The van der Waals surface area contributed by atoms with Crippen LogP contribution in [0.25, 0.3) is 0 Å². The Balaban J connectivity index is 1.74. The van der Waals surface area contributed by atoms with Crippen molar-refractivity contribution in [2.45, 2.75) is 26.3 Å². The summed E-state index contributed by atoms with van der Waals surface area (Å²) in [5.74, 6) is 0.779. The fourth-order valence-corrected chi connectivity index (χ4v) is 3.11. The van der Waals surface area contributed by atoms with Crippen LogP contribution in [0.4, 0.5) is 0 Å². The van der Waals surface area contributed by atoms with Crippen molar-refractivity contribution in [3.63, 3.8) is 0 Å². The summed E-state index contributed by atoms with van der Waals surface area (Å²) in [6.07, 6.45) is 2.49. The summed E-state index contributed by atoms with van der Waals surface area (Å²) in [6.45, 7) is 7.97. The van der Waals surface area contributed by atoms with Crippen LogP contribution in [0.15, 0.2) is 0 Å². The molecule has 5 nitrogen and oxygen atoms in total.